The van der Waals surface area contributed by atoms with E-state index in [4.69, 9.17) is 28.4 Å². The van der Waals surface area contributed by atoms with E-state index in [1.165, 1.54) is 0 Å². The highest BCUT2D eigenvalue weighted by atomic mass is 16.6. The first kappa shape index (κ1) is 53.9. The third kappa shape index (κ3) is 18.1. The normalized spacial score (nSPS) is 18.9. The van der Waals surface area contributed by atoms with Gasteiger partial charge >= 0.3 is 24.4 Å². The van der Waals surface area contributed by atoms with Crippen molar-refractivity contribution >= 4 is 36.2 Å². The maximum absolute atomic E-state index is 13.7. The van der Waals surface area contributed by atoms with Crippen LogP contribution in [0.25, 0.3) is 0 Å². The Morgan fingerprint density at radius 2 is 1.00 bits per heavy atom. The predicted molar refractivity (Wildman–Crippen MR) is 262 cm³/mol. The van der Waals surface area contributed by atoms with Gasteiger partial charge in [0.15, 0.2) is 0 Å². The molecule has 0 aromatic heterocycles. The molecule has 0 radical (unpaired) electrons. The molecule has 0 spiro atoms. The van der Waals surface area contributed by atoms with E-state index in [-0.39, 0.29) is 56.6 Å². The molecule has 18 heteroatoms. The molecule has 3 aliphatic heterocycles. The second-order valence-electron chi connectivity index (χ2n) is 20.3. The van der Waals surface area contributed by atoms with Gasteiger partial charge in [0.2, 0.25) is 11.8 Å². The molecule has 3 atom stereocenters. The van der Waals surface area contributed by atoms with Gasteiger partial charge in [-0.05, 0) is 95.0 Å². The second kappa shape index (κ2) is 25.6. The van der Waals surface area contributed by atoms with Crippen LogP contribution in [0.5, 0.6) is 0 Å². The molecule has 6 amide bonds. The van der Waals surface area contributed by atoms with Crippen molar-refractivity contribution in [1.82, 2.24) is 31.1 Å². The molecule has 3 aliphatic rings. The average molecular weight is 985 g/mol. The van der Waals surface area contributed by atoms with Crippen LogP contribution in [-0.4, -0.2) is 115 Å². The first-order chi connectivity index (χ1) is 33.9. The Labute approximate surface area is 417 Å². The highest BCUT2D eigenvalue weighted by Gasteiger charge is 2.41. The van der Waals surface area contributed by atoms with Crippen LogP contribution in [0, 0.1) is 11.8 Å². The number of ether oxygens (including phenoxy) is 6. The smallest absolute Gasteiger partial charge is 0.410 e. The predicted octanol–water partition coefficient (Wildman–Crippen LogP) is 7.11. The zero-order chi connectivity index (χ0) is 51.0. The van der Waals surface area contributed by atoms with Gasteiger partial charge in [0.25, 0.3) is 0 Å². The molecule has 0 bridgehead atoms. The number of nitrogens with zero attached hydrogens (tertiary/aromatic N) is 2. The Kier molecular flexibility index (Phi) is 19.5. The van der Waals surface area contributed by atoms with Crippen molar-refractivity contribution in [3.8, 4) is 0 Å². The van der Waals surface area contributed by atoms with Crippen molar-refractivity contribution in [3.63, 3.8) is 0 Å². The quantitative estimate of drug-likeness (QED) is 0.106. The fourth-order valence-corrected chi connectivity index (χ4v) is 8.52. The summed E-state index contributed by atoms with van der Waals surface area (Å²) in [6, 6.07) is 24.8. The Bertz CT molecular complexity index is 2250. The molecule has 18 nitrogen and oxygen atoms in total. The van der Waals surface area contributed by atoms with Gasteiger partial charge in [-0.15, -0.1) is 0 Å². The van der Waals surface area contributed by atoms with Crippen LogP contribution >= 0.6 is 0 Å². The zero-order valence-corrected chi connectivity index (χ0v) is 42.0. The van der Waals surface area contributed by atoms with Gasteiger partial charge in [0.05, 0.1) is 13.2 Å². The lowest BCUT2D eigenvalue weighted by Gasteiger charge is -2.39. The first-order valence-electron chi connectivity index (χ1n) is 24.7. The highest BCUT2D eigenvalue weighted by molar-refractivity contribution is 5.80. The zero-order valence-electron chi connectivity index (χ0n) is 42.0. The fraction of sp³-hybridized carbons (Fsp3) is 0.547. The number of likely N-dealkylation sites (tertiary alicyclic amines) is 2. The summed E-state index contributed by atoms with van der Waals surface area (Å²) in [6.07, 6.45) is -1.95. The summed E-state index contributed by atoms with van der Waals surface area (Å²) in [7, 11) is 0. The van der Waals surface area contributed by atoms with Gasteiger partial charge in [-0.2, -0.15) is 0 Å². The molecule has 0 unspecified atom stereocenters. The lowest BCUT2D eigenvalue weighted by molar-refractivity contribution is -0.178. The van der Waals surface area contributed by atoms with Crippen molar-refractivity contribution in [2.24, 2.45) is 11.8 Å². The Morgan fingerprint density at radius 3 is 1.46 bits per heavy atom. The molecule has 3 saturated heterocycles. The van der Waals surface area contributed by atoms with E-state index in [2.05, 4.69) is 21.3 Å². The third-order valence-corrected chi connectivity index (χ3v) is 12.2. The number of piperidine rings is 2. The monoisotopic (exact) mass is 985 g/mol. The third-order valence-electron chi connectivity index (χ3n) is 12.2. The van der Waals surface area contributed by atoms with Crippen LogP contribution in [0.1, 0.15) is 101 Å². The molecule has 6 rings (SSSR count). The van der Waals surface area contributed by atoms with Gasteiger partial charge in [-0.1, -0.05) is 78.9 Å². The van der Waals surface area contributed by atoms with E-state index in [0.717, 1.165) is 27.8 Å². The SMILES string of the molecule is CC(C)(C)OC(=O)NCc1cccc(CNC(=O)C2CCN(C(=O)OC[C@H]3OCC[C@@H](OC(=O)N4CCC(C(=O)NCc5cccc(CNC(=O)OC(C)(C)C)c5)CC4)[C@@H]3OCc3ccccc3)CC2)c1. The Morgan fingerprint density at radius 1 is 0.563 bits per heavy atom. The summed E-state index contributed by atoms with van der Waals surface area (Å²) in [6.45, 7) is 13.7. The van der Waals surface area contributed by atoms with E-state index in [9.17, 15) is 28.8 Å². The van der Waals surface area contributed by atoms with E-state index < -0.39 is 53.9 Å². The number of carbonyl (C=O) groups is 6. The number of alkyl carbamates (subject to hydrolysis) is 2. The minimum atomic E-state index is -0.744. The molecular weight excluding hydrogens is 913 g/mol. The Hall–Kier alpha value is -6.40. The summed E-state index contributed by atoms with van der Waals surface area (Å²) < 4.78 is 35.0. The average Bonchev–Trinajstić information content (AvgIpc) is 3.34. The highest BCUT2D eigenvalue weighted by Crippen LogP contribution is 2.27. The molecule has 3 fully saturated rings. The van der Waals surface area contributed by atoms with E-state index in [1.807, 2.05) is 78.9 Å². The maximum Gasteiger partial charge on any atom is 0.410 e. The van der Waals surface area contributed by atoms with Crippen LogP contribution in [0.2, 0.25) is 0 Å². The number of carbonyl (C=O) groups excluding carboxylic acids is 6. The number of nitrogens with one attached hydrogen (secondary N) is 4. The van der Waals surface area contributed by atoms with Crippen LogP contribution in [0.3, 0.4) is 0 Å². The van der Waals surface area contributed by atoms with E-state index in [1.54, 1.807) is 51.3 Å². The van der Waals surface area contributed by atoms with Crippen molar-refractivity contribution in [2.45, 2.75) is 136 Å². The fourth-order valence-electron chi connectivity index (χ4n) is 8.52. The summed E-state index contributed by atoms with van der Waals surface area (Å²) in [5.74, 6) is -0.741. The van der Waals surface area contributed by atoms with Crippen LogP contribution in [0.4, 0.5) is 19.2 Å². The van der Waals surface area contributed by atoms with Crippen LogP contribution < -0.4 is 21.3 Å². The summed E-state index contributed by atoms with van der Waals surface area (Å²) in [5.41, 5.74) is 3.25. The second-order valence-corrected chi connectivity index (χ2v) is 20.3. The number of hydrogen-bond acceptors (Lipinski definition) is 12. The molecule has 3 aromatic rings. The number of amides is 6. The molecule has 3 heterocycles. The van der Waals surface area contributed by atoms with Crippen molar-refractivity contribution < 1.29 is 57.2 Å². The van der Waals surface area contributed by atoms with Gasteiger partial charge in [-0.25, -0.2) is 19.2 Å². The molecule has 71 heavy (non-hydrogen) atoms. The molecule has 4 N–H and O–H groups in total. The maximum atomic E-state index is 13.7. The largest absolute Gasteiger partial charge is 0.447 e. The molecule has 386 valence electrons. The molecule has 3 aromatic carbocycles. The minimum absolute atomic E-state index is 0.0941. The standard InChI is InChI=1S/C53H72N6O12/c1-52(2,3)70-48(62)56-32-39-16-10-14-37(28-39)30-54-46(60)41-18-23-58(24-19-41)50(64)68-35-44-45(67-34-36-12-8-7-9-13-36)43(22-27-66-44)69-51(65)59-25-20-42(21-26-59)47(61)55-31-38-15-11-17-40(29-38)33-57-49(63)71-53(4,5)6/h7-17,28-29,41-45H,18-27,30-35H2,1-6H3,(H,54,60)(H,55,61)(H,56,62)(H,57,63)/t43-,44-,45+/m1/s1. The Balaban J connectivity index is 0.934. The minimum Gasteiger partial charge on any atom is -0.447 e. The van der Waals surface area contributed by atoms with Crippen molar-refractivity contribution in [3.05, 3.63) is 107 Å². The van der Waals surface area contributed by atoms with Gasteiger partial charge < -0.3 is 59.5 Å². The number of benzene rings is 3. The van der Waals surface area contributed by atoms with E-state index in [0.29, 0.717) is 71.4 Å². The summed E-state index contributed by atoms with van der Waals surface area (Å²) in [5, 5.41) is 11.5. The van der Waals surface area contributed by atoms with Gasteiger partial charge in [-0.3, -0.25) is 9.59 Å². The van der Waals surface area contributed by atoms with Crippen molar-refractivity contribution in [2.75, 3.05) is 39.4 Å². The molecule has 0 saturated carbocycles. The van der Waals surface area contributed by atoms with Gasteiger partial charge in [0, 0.05) is 70.6 Å². The lowest BCUT2D eigenvalue weighted by atomic mass is 9.96. The van der Waals surface area contributed by atoms with Crippen LogP contribution in [0.15, 0.2) is 78.9 Å². The van der Waals surface area contributed by atoms with Crippen molar-refractivity contribution in [1.29, 1.82) is 0 Å². The van der Waals surface area contributed by atoms with Gasteiger partial charge in [0.1, 0.15) is 36.1 Å². The first-order valence-corrected chi connectivity index (χ1v) is 24.7. The lowest BCUT2D eigenvalue weighted by Crippen LogP contribution is -2.52. The number of rotatable bonds is 16. The summed E-state index contributed by atoms with van der Waals surface area (Å²) in [4.78, 5) is 80.8. The molecule has 0 aliphatic carbocycles. The van der Waals surface area contributed by atoms with Crippen LogP contribution in [-0.2, 0) is 70.8 Å². The molecular formula is C53H72N6O12. The van der Waals surface area contributed by atoms with E-state index >= 15 is 0 Å². The topological polar surface area (TPSA) is 212 Å². The summed E-state index contributed by atoms with van der Waals surface area (Å²) >= 11 is 0. The number of hydrogen-bond donors (Lipinski definition) is 4.